The summed E-state index contributed by atoms with van der Waals surface area (Å²) < 4.78 is 26.4. The second-order valence-corrected chi connectivity index (χ2v) is 11.5. The summed E-state index contributed by atoms with van der Waals surface area (Å²) >= 11 is 12.7. The van der Waals surface area contributed by atoms with Gasteiger partial charge in [0.15, 0.2) is 0 Å². The second-order valence-electron chi connectivity index (χ2n) is 8.75. The summed E-state index contributed by atoms with van der Waals surface area (Å²) in [7, 11) is -3.80. The third-order valence-corrected chi connectivity index (χ3v) is 7.86. The quantitative estimate of drug-likeness (QED) is 0.471. The lowest BCUT2D eigenvalue weighted by Gasteiger charge is -2.32. The van der Waals surface area contributed by atoms with Crippen LogP contribution in [-0.2, 0) is 26.2 Å². The molecule has 35 heavy (non-hydrogen) atoms. The first kappa shape index (κ1) is 28.9. The Bertz CT molecular complexity index is 1170. The van der Waals surface area contributed by atoms with Crippen molar-refractivity contribution < 1.29 is 18.0 Å². The van der Waals surface area contributed by atoms with Crippen molar-refractivity contribution in [3.63, 3.8) is 0 Å². The van der Waals surface area contributed by atoms with Crippen LogP contribution in [0.3, 0.4) is 0 Å². The van der Waals surface area contributed by atoms with Crippen LogP contribution < -0.4 is 9.62 Å². The maximum atomic E-state index is 13.6. The zero-order chi connectivity index (χ0) is 26.5. The summed E-state index contributed by atoms with van der Waals surface area (Å²) in [6.45, 7) is 8.65. The summed E-state index contributed by atoms with van der Waals surface area (Å²) in [6.07, 6.45) is 1.77. The number of halogens is 2. The molecule has 7 nitrogen and oxygen atoms in total. The fraction of sp³-hybridized carbons (Fsp3) is 0.440. The van der Waals surface area contributed by atoms with E-state index in [0.717, 1.165) is 28.1 Å². The summed E-state index contributed by atoms with van der Waals surface area (Å²) in [5, 5.41) is 3.57. The zero-order valence-electron chi connectivity index (χ0n) is 20.9. The van der Waals surface area contributed by atoms with Gasteiger partial charge in [-0.15, -0.1) is 0 Å². The second kappa shape index (κ2) is 12.1. The Kier molecular flexibility index (Phi) is 10.0. The van der Waals surface area contributed by atoms with Gasteiger partial charge in [-0.1, -0.05) is 42.3 Å². The number of aryl methyl sites for hydroxylation is 2. The molecule has 0 fully saturated rings. The van der Waals surface area contributed by atoms with E-state index in [2.05, 4.69) is 5.32 Å². The smallest absolute Gasteiger partial charge is 0.244 e. The van der Waals surface area contributed by atoms with Gasteiger partial charge in [0, 0.05) is 28.2 Å². The minimum Gasteiger partial charge on any atom is -0.352 e. The third kappa shape index (κ3) is 7.59. The van der Waals surface area contributed by atoms with Crippen LogP contribution >= 0.6 is 23.2 Å². The molecule has 2 aromatic rings. The van der Waals surface area contributed by atoms with E-state index >= 15 is 0 Å². The molecule has 0 saturated heterocycles. The third-order valence-electron chi connectivity index (χ3n) is 6.02. The molecule has 2 amide bonds. The number of benzene rings is 2. The average Bonchev–Trinajstić information content (AvgIpc) is 2.77. The molecular weight excluding hydrogens is 509 g/mol. The Morgan fingerprint density at radius 1 is 1.03 bits per heavy atom. The van der Waals surface area contributed by atoms with Gasteiger partial charge < -0.3 is 10.2 Å². The molecule has 2 atom stereocenters. The standard InChI is InChI=1S/C25H33Cl2N3O4S/c1-7-18(4)28-25(32)19(5)29(14-21-22(26)9-8-10-23(21)27)24(31)15-30(35(6,33)34)20-12-11-16(2)17(3)13-20/h8-13,18-19H,7,14-15H2,1-6H3,(H,28,32). The summed E-state index contributed by atoms with van der Waals surface area (Å²) in [5.41, 5.74) is 2.74. The summed E-state index contributed by atoms with van der Waals surface area (Å²) in [4.78, 5) is 27.9. The van der Waals surface area contributed by atoms with E-state index in [1.165, 1.54) is 4.90 Å². The molecule has 0 spiro atoms. The highest BCUT2D eigenvalue weighted by Crippen LogP contribution is 2.27. The van der Waals surface area contributed by atoms with Crippen LogP contribution in [0.25, 0.3) is 0 Å². The average molecular weight is 543 g/mol. The van der Waals surface area contributed by atoms with Crippen molar-refractivity contribution >= 4 is 50.7 Å². The van der Waals surface area contributed by atoms with Gasteiger partial charge in [0.1, 0.15) is 12.6 Å². The molecular formula is C25H33Cl2N3O4S. The van der Waals surface area contributed by atoms with E-state index in [9.17, 15) is 18.0 Å². The number of hydrogen-bond donors (Lipinski definition) is 1. The van der Waals surface area contributed by atoms with Crippen molar-refractivity contribution in [1.29, 1.82) is 0 Å². The number of anilines is 1. The van der Waals surface area contributed by atoms with E-state index < -0.39 is 28.5 Å². The van der Waals surface area contributed by atoms with Gasteiger partial charge in [-0.25, -0.2) is 8.42 Å². The molecule has 192 valence electrons. The number of sulfonamides is 1. The van der Waals surface area contributed by atoms with E-state index in [-0.39, 0.29) is 18.5 Å². The Morgan fingerprint density at radius 3 is 2.14 bits per heavy atom. The predicted molar refractivity (Wildman–Crippen MR) is 142 cm³/mol. The van der Waals surface area contributed by atoms with Gasteiger partial charge in [0.25, 0.3) is 0 Å². The van der Waals surface area contributed by atoms with Crippen molar-refractivity contribution in [3.05, 3.63) is 63.1 Å². The number of carbonyl (C=O) groups excluding carboxylic acids is 2. The van der Waals surface area contributed by atoms with Gasteiger partial charge in [-0.3, -0.25) is 13.9 Å². The lowest BCUT2D eigenvalue weighted by Crippen LogP contribution is -2.52. The summed E-state index contributed by atoms with van der Waals surface area (Å²) in [6, 6.07) is 9.17. The Balaban J connectivity index is 2.47. The molecule has 2 aromatic carbocycles. The number of hydrogen-bond acceptors (Lipinski definition) is 4. The van der Waals surface area contributed by atoms with E-state index in [4.69, 9.17) is 23.2 Å². The number of carbonyl (C=O) groups is 2. The predicted octanol–water partition coefficient (Wildman–Crippen LogP) is 4.71. The van der Waals surface area contributed by atoms with Crippen LogP contribution in [0.2, 0.25) is 10.0 Å². The van der Waals surface area contributed by atoms with Crippen LogP contribution in [0, 0.1) is 13.8 Å². The number of rotatable bonds is 10. The van der Waals surface area contributed by atoms with Gasteiger partial charge >= 0.3 is 0 Å². The van der Waals surface area contributed by atoms with Crippen molar-refractivity contribution in [1.82, 2.24) is 10.2 Å². The number of nitrogens with one attached hydrogen (secondary N) is 1. The largest absolute Gasteiger partial charge is 0.352 e. The maximum Gasteiger partial charge on any atom is 0.244 e. The topological polar surface area (TPSA) is 86.8 Å². The highest BCUT2D eigenvalue weighted by atomic mass is 35.5. The Morgan fingerprint density at radius 2 is 1.63 bits per heavy atom. The molecule has 2 unspecified atom stereocenters. The first-order valence-corrected chi connectivity index (χ1v) is 13.9. The van der Waals surface area contributed by atoms with Crippen LogP contribution in [0.4, 0.5) is 5.69 Å². The van der Waals surface area contributed by atoms with Gasteiger partial charge in [0.2, 0.25) is 21.8 Å². The molecule has 0 aliphatic heterocycles. The fourth-order valence-corrected chi connectivity index (χ4v) is 4.75. The Hall–Kier alpha value is -2.29. The molecule has 0 aromatic heterocycles. The molecule has 0 aliphatic carbocycles. The molecule has 0 bridgehead atoms. The summed E-state index contributed by atoms with van der Waals surface area (Å²) in [5.74, 6) is -0.913. The minimum atomic E-state index is -3.80. The number of nitrogens with zero attached hydrogens (tertiary/aromatic N) is 2. The fourth-order valence-electron chi connectivity index (χ4n) is 3.40. The van der Waals surface area contributed by atoms with Gasteiger partial charge in [-0.05, 0) is 69.5 Å². The first-order valence-electron chi connectivity index (χ1n) is 11.3. The molecule has 1 N–H and O–H groups in total. The molecule has 0 heterocycles. The number of amides is 2. The van der Waals surface area contributed by atoms with Crippen molar-refractivity contribution in [2.24, 2.45) is 0 Å². The molecule has 0 saturated carbocycles. The van der Waals surface area contributed by atoms with Crippen LogP contribution in [-0.4, -0.2) is 50.0 Å². The lowest BCUT2D eigenvalue weighted by molar-refractivity contribution is -0.139. The molecule has 0 aliphatic rings. The van der Waals surface area contributed by atoms with E-state index in [1.54, 1.807) is 43.3 Å². The van der Waals surface area contributed by atoms with Crippen molar-refractivity contribution in [2.75, 3.05) is 17.1 Å². The SMILES string of the molecule is CCC(C)NC(=O)C(C)N(Cc1c(Cl)cccc1Cl)C(=O)CN(c1ccc(C)c(C)c1)S(C)(=O)=O. The van der Waals surface area contributed by atoms with Gasteiger partial charge in [-0.2, -0.15) is 0 Å². The Labute approximate surface area is 218 Å². The monoisotopic (exact) mass is 541 g/mol. The highest BCUT2D eigenvalue weighted by molar-refractivity contribution is 7.92. The molecule has 2 rings (SSSR count). The van der Waals surface area contributed by atoms with Crippen LogP contribution in [0.15, 0.2) is 36.4 Å². The zero-order valence-corrected chi connectivity index (χ0v) is 23.3. The minimum absolute atomic E-state index is 0.0586. The van der Waals surface area contributed by atoms with E-state index in [0.29, 0.717) is 21.3 Å². The first-order chi connectivity index (χ1) is 16.3. The van der Waals surface area contributed by atoms with Crippen LogP contribution in [0.5, 0.6) is 0 Å². The van der Waals surface area contributed by atoms with Crippen molar-refractivity contribution in [2.45, 2.75) is 59.7 Å². The normalized spacial score (nSPS) is 13.1. The highest BCUT2D eigenvalue weighted by Gasteiger charge is 2.31. The van der Waals surface area contributed by atoms with Crippen LogP contribution in [0.1, 0.15) is 43.9 Å². The van der Waals surface area contributed by atoms with E-state index in [1.807, 2.05) is 27.7 Å². The molecule has 10 heteroatoms. The maximum absolute atomic E-state index is 13.6. The van der Waals surface area contributed by atoms with Crippen molar-refractivity contribution in [3.8, 4) is 0 Å². The van der Waals surface area contributed by atoms with Gasteiger partial charge in [0.05, 0.1) is 11.9 Å². The molecule has 0 radical (unpaired) electrons. The lowest BCUT2D eigenvalue weighted by atomic mass is 10.1.